The molecule has 0 N–H and O–H groups in total. The zero-order chi connectivity index (χ0) is 13.6. The molecule has 2 rings (SSSR count). The van der Waals surface area contributed by atoms with Gasteiger partial charge in [0.25, 0.3) is 0 Å². The Balaban J connectivity index is 2.31. The highest BCUT2D eigenvalue weighted by atomic mass is 19.1. The lowest BCUT2D eigenvalue weighted by molar-refractivity contribution is 0.00578. The van der Waals surface area contributed by atoms with Crippen molar-refractivity contribution in [2.75, 3.05) is 0 Å². The van der Waals surface area contributed by atoms with Gasteiger partial charge in [0.1, 0.15) is 0 Å². The predicted octanol–water partition coefficient (Wildman–Crippen LogP) is 1.50. The number of hydrogen-bond acceptors (Lipinski definition) is 3. The molecule has 1 saturated heterocycles. The number of hydrogen-bond donors (Lipinski definition) is 0. The Bertz CT molecular complexity index is 506. The molecule has 0 unspecified atom stereocenters. The van der Waals surface area contributed by atoms with Gasteiger partial charge in [-0.05, 0) is 39.8 Å². The third-order valence-corrected chi connectivity index (χ3v) is 3.52. The zero-order valence-electron chi connectivity index (χ0n) is 11.0. The Labute approximate surface area is 107 Å². The van der Waals surface area contributed by atoms with Crippen LogP contribution in [0.4, 0.5) is 4.39 Å². The summed E-state index contributed by atoms with van der Waals surface area (Å²) in [4.78, 5) is 3.80. The van der Waals surface area contributed by atoms with Crippen LogP contribution in [0.3, 0.4) is 0 Å². The van der Waals surface area contributed by atoms with E-state index in [4.69, 9.17) is 15.7 Å². The maximum atomic E-state index is 13.5. The van der Waals surface area contributed by atoms with Crippen molar-refractivity contribution in [3.8, 4) is 12.3 Å². The smallest absolute Gasteiger partial charge is 0.398 e. The Kier molecular flexibility index (Phi) is 2.96. The van der Waals surface area contributed by atoms with Crippen LogP contribution >= 0.6 is 0 Å². The van der Waals surface area contributed by atoms with Gasteiger partial charge in [0.05, 0.1) is 22.4 Å². The summed E-state index contributed by atoms with van der Waals surface area (Å²) in [6, 6.07) is 3.13. The van der Waals surface area contributed by atoms with E-state index in [1.807, 2.05) is 27.7 Å². The second kappa shape index (κ2) is 4.08. The maximum Gasteiger partial charge on any atom is 0.514 e. The van der Waals surface area contributed by atoms with E-state index in [0.29, 0.717) is 5.59 Å². The molecule has 0 radical (unpaired) electrons. The molecule has 0 saturated carbocycles. The minimum Gasteiger partial charge on any atom is -0.398 e. The number of rotatable bonds is 1. The molecule has 5 heteroatoms. The lowest BCUT2D eigenvalue weighted by Gasteiger charge is -2.32. The van der Waals surface area contributed by atoms with Gasteiger partial charge in [0.15, 0.2) is 0 Å². The van der Waals surface area contributed by atoms with E-state index in [0.717, 1.165) is 0 Å². The molecule has 0 aliphatic carbocycles. The van der Waals surface area contributed by atoms with Crippen LogP contribution in [-0.4, -0.2) is 23.3 Å². The van der Waals surface area contributed by atoms with E-state index in [1.165, 1.54) is 6.07 Å². The van der Waals surface area contributed by atoms with E-state index in [-0.39, 0.29) is 5.56 Å². The molecular formula is C13H15BFNO2. The maximum absolute atomic E-state index is 13.5. The van der Waals surface area contributed by atoms with Crippen molar-refractivity contribution in [2.24, 2.45) is 0 Å². The molecule has 0 bridgehead atoms. The van der Waals surface area contributed by atoms with Gasteiger partial charge in [-0.15, -0.1) is 6.42 Å². The fourth-order valence-electron chi connectivity index (χ4n) is 1.65. The first kappa shape index (κ1) is 13.1. The van der Waals surface area contributed by atoms with Crippen LogP contribution < -0.4 is 5.59 Å². The molecule has 0 aromatic carbocycles. The molecule has 1 aliphatic rings. The molecule has 1 aliphatic heterocycles. The van der Waals surface area contributed by atoms with Crippen LogP contribution in [0.5, 0.6) is 0 Å². The Hall–Kier alpha value is -1.38. The lowest BCUT2D eigenvalue weighted by atomic mass is 9.84. The number of terminal acetylenes is 1. The molecule has 0 amide bonds. The van der Waals surface area contributed by atoms with Gasteiger partial charge in [-0.3, -0.25) is 0 Å². The summed E-state index contributed by atoms with van der Waals surface area (Å²) in [6.45, 7) is 7.72. The van der Waals surface area contributed by atoms with Gasteiger partial charge in [-0.1, -0.05) is 5.92 Å². The second-order valence-electron chi connectivity index (χ2n) is 5.31. The zero-order valence-corrected chi connectivity index (χ0v) is 11.0. The highest BCUT2D eigenvalue weighted by molar-refractivity contribution is 6.61. The summed E-state index contributed by atoms with van der Waals surface area (Å²) in [6.07, 6.45) is 5.15. The first-order valence-electron chi connectivity index (χ1n) is 5.75. The van der Waals surface area contributed by atoms with Gasteiger partial charge >= 0.3 is 7.12 Å². The van der Waals surface area contributed by atoms with Gasteiger partial charge in [0, 0.05) is 0 Å². The van der Waals surface area contributed by atoms with Crippen molar-refractivity contribution in [3.63, 3.8) is 0 Å². The van der Waals surface area contributed by atoms with Crippen LogP contribution in [0.15, 0.2) is 12.1 Å². The third-order valence-electron chi connectivity index (χ3n) is 3.52. The van der Waals surface area contributed by atoms with E-state index < -0.39 is 24.3 Å². The summed E-state index contributed by atoms with van der Waals surface area (Å²) in [5.74, 6) is 1.55. The first-order valence-corrected chi connectivity index (χ1v) is 5.75. The predicted molar refractivity (Wildman–Crippen MR) is 67.8 cm³/mol. The lowest BCUT2D eigenvalue weighted by Crippen LogP contribution is -2.41. The van der Waals surface area contributed by atoms with Crippen molar-refractivity contribution in [1.29, 1.82) is 0 Å². The Morgan fingerprint density at radius 3 is 2.22 bits per heavy atom. The van der Waals surface area contributed by atoms with E-state index in [1.54, 1.807) is 6.07 Å². The summed E-state index contributed by atoms with van der Waals surface area (Å²) in [5, 5.41) is 0. The van der Waals surface area contributed by atoms with Gasteiger partial charge < -0.3 is 9.31 Å². The highest BCUT2D eigenvalue weighted by Gasteiger charge is 2.52. The summed E-state index contributed by atoms with van der Waals surface area (Å²) < 4.78 is 25.1. The average Bonchev–Trinajstić information content (AvgIpc) is 2.48. The monoisotopic (exact) mass is 247 g/mol. The molecule has 0 spiro atoms. The van der Waals surface area contributed by atoms with Crippen LogP contribution in [0.1, 0.15) is 33.3 Å². The molecular weight excluding hydrogens is 232 g/mol. The second-order valence-corrected chi connectivity index (χ2v) is 5.31. The van der Waals surface area contributed by atoms with Crippen molar-refractivity contribution >= 4 is 12.7 Å². The highest BCUT2D eigenvalue weighted by Crippen LogP contribution is 2.36. The Morgan fingerprint density at radius 1 is 1.22 bits per heavy atom. The van der Waals surface area contributed by atoms with Crippen LogP contribution in [0.25, 0.3) is 0 Å². The summed E-state index contributed by atoms with van der Waals surface area (Å²) in [7, 11) is -0.670. The number of aromatic nitrogens is 1. The molecule has 94 valence electrons. The van der Waals surface area contributed by atoms with E-state index in [9.17, 15) is 4.39 Å². The minimum absolute atomic E-state index is 0.135. The molecule has 3 nitrogen and oxygen atoms in total. The molecule has 0 atom stereocenters. The third kappa shape index (κ3) is 2.02. The van der Waals surface area contributed by atoms with Crippen molar-refractivity contribution < 1.29 is 13.7 Å². The number of halogens is 1. The normalized spacial score (nSPS) is 20.8. The SMILES string of the molecule is C#Cc1ccc(B2OC(C)(C)C(C)(C)O2)nc1F. The first-order chi connectivity index (χ1) is 8.27. The molecule has 1 aromatic heterocycles. The summed E-state index contributed by atoms with van der Waals surface area (Å²) >= 11 is 0. The van der Waals surface area contributed by atoms with Crippen LogP contribution in [0.2, 0.25) is 0 Å². The fraction of sp³-hybridized carbons (Fsp3) is 0.462. The largest absolute Gasteiger partial charge is 0.514 e. The van der Waals surface area contributed by atoms with Crippen molar-refractivity contribution in [1.82, 2.24) is 4.98 Å². The van der Waals surface area contributed by atoms with Gasteiger partial charge in [0.2, 0.25) is 5.95 Å². The van der Waals surface area contributed by atoms with E-state index >= 15 is 0 Å². The molecule has 2 heterocycles. The number of pyridine rings is 1. The average molecular weight is 247 g/mol. The topological polar surface area (TPSA) is 31.4 Å². The number of nitrogens with zero attached hydrogens (tertiary/aromatic N) is 1. The van der Waals surface area contributed by atoms with Gasteiger partial charge in [-0.2, -0.15) is 4.39 Å². The van der Waals surface area contributed by atoms with Crippen molar-refractivity contribution in [2.45, 2.75) is 38.9 Å². The van der Waals surface area contributed by atoms with Crippen LogP contribution in [-0.2, 0) is 9.31 Å². The molecule has 18 heavy (non-hydrogen) atoms. The quantitative estimate of drug-likeness (QED) is 0.428. The minimum atomic E-state index is -0.676. The summed E-state index contributed by atoms with van der Waals surface area (Å²) in [5.41, 5.74) is -0.415. The fourth-order valence-corrected chi connectivity index (χ4v) is 1.65. The van der Waals surface area contributed by atoms with Crippen molar-refractivity contribution in [3.05, 3.63) is 23.6 Å². The molecule has 1 fully saturated rings. The van der Waals surface area contributed by atoms with Gasteiger partial charge in [-0.25, -0.2) is 4.98 Å². The van der Waals surface area contributed by atoms with E-state index in [2.05, 4.69) is 10.9 Å². The van der Waals surface area contributed by atoms with Crippen LogP contribution in [0, 0.1) is 18.3 Å². The Morgan fingerprint density at radius 2 is 1.78 bits per heavy atom. The molecule has 1 aromatic rings. The standard InChI is InChI=1S/C13H15BFNO2/c1-6-9-7-8-10(16-11(9)15)14-17-12(2,3)13(4,5)18-14/h1,7-8H,2-5H3.